The first-order valence-electron chi connectivity index (χ1n) is 10.7. The van der Waals surface area contributed by atoms with Crippen molar-refractivity contribution in [2.24, 2.45) is 7.05 Å². The zero-order valence-corrected chi connectivity index (χ0v) is 18.4. The van der Waals surface area contributed by atoms with E-state index in [1.807, 2.05) is 28.2 Å². The Bertz CT molecular complexity index is 1490. The van der Waals surface area contributed by atoms with Gasteiger partial charge in [0.1, 0.15) is 5.82 Å². The van der Waals surface area contributed by atoms with Crippen molar-refractivity contribution in [1.29, 1.82) is 0 Å². The van der Waals surface area contributed by atoms with E-state index < -0.39 is 0 Å². The quantitative estimate of drug-likeness (QED) is 0.419. The number of likely N-dealkylation sites (tertiary alicyclic amines) is 1. The minimum absolute atomic E-state index is 0.0337. The lowest BCUT2D eigenvalue weighted by atomic mass is 9.80. The molecular weight excluding hydrogens is 420 g/mol. The number of hydrogen-bond donors (Lipinski definition) is 1. The Balaban J connectivity index is 1.52. The van der Waals surface area contributed by atoms with Crippen LogP contribution in [0.1, 0.15) is 35.9 Å². The first kappa shape index (κ1) is 19.2. The van der Waals surface area contributed by atoms with Crippen LogP contribution in [-0.4, -0.2) is 37.6 Å². The Kier molecular flexibility index (Phi) is 4.36. The molecule has 2 atom stereocenters. The van der Waals surface area contributed by atoms with E-state index in [9.17, 15) is 4.79 Å². The van der Waals surface area contributed by atoms with Gasteiger partial charge in [-0.1, -0.05) is 12.1 Å². The third-order valence-corrected chi connectivity index (χ3v) is 7.47. The first-order valence-corrected chi connectivity index (χ1v) is 11.6. The lowest BCUT2D eigenvalue weighted by molar-refractivity contribution is -0.122. The number of nitrogens with zero attached hydrogens (tertiary/aromatic N) is 5. The summed E-state index contributed by atoms with van der Waals surface area (Å²) in [5, 5.41) is 6.29. The normalized spacial score (nSPS) is 19.2. The van der Waals surface area contributed by atoms with Gasteiger partial charge in [-0.2, -0.15) is 5.10 Å². The third kappa shape index (κ3) is 2.86. The first-order chi connectivity index (χ1) is 15.6. The average Bonchev–Trinajstić information content (AvgIpc) is 3.45. The lowest BCUT2D eigenvalue weighted by Crippen LogP contribution is -2.37. The fourth-order valence-electron chi connectivity index (χ4n) is 5.18. The molecule has 5 aromatic rings. The minimum atomic E-state index is -0.0337. The van der Waals surface area contributed by atoms with Gasteiger partial charge < -0.3 is 10.6 Å². The van der Waals surface area contributed by atoms with Crippen molar-refractivity contribution >= 4 is 55.6 Å². The highest BCUT2D eigenvalue weighted by atomic mass is 32.1. The Morgan fingerprint density at radius 1 is 1.12 bits per heavy atom. The molecule has 1 amide bonds. The molecule has 1 aliphatic rings. The minimum Gasteiger partial charge on any atom is -0.383 e. The van der Waals surface area contributed by atoms with Crippen molar-refractivity contribution in [2.45, 2.75) is 24.8 Å². The summed E-state index contributed by atoms with van der Waals surface area (Å²) in [4.78, 5) is 23.1. The lowest BCUT2D eigenvalue weighted by Gasteiger charge is -2.40. The monoisotopic (exact) mass is 442 g/mol. The van der Waals surface area contributed by atoms with Crippen LogP contribution < -0.4 is 5.73 Å². The Morgan fingerprint density at radius 3 is 2.88 bits per heavy atom. The van der Waals surface area contributed by atoms with E-state index in [2.05, 4.69) is 45.4 Å². The van der Waals surface area contributed by atoms with Crippen molar-refractivity contribution < 1.29 is 4.79 Å². The highest BCUT2D eigenvalue weighted by molar-refractivity contribution is 7.16. The number of hydrogen-bond acceptors (Lipinski definition) is 6. The fourth-order valence-corrected chi connectivity index (χ4v) is 5.84. The maximum atomic E-state index is 12.0. The third-order valence-electron chi connectivity index (χ3n) is 6.66. The summed E-state index contributed by atoms with van der Waals surface area (Å²) in [5.41, 5.74) is 13.2. The largest absolute Gasteiger partial charge is 0.383 e. The van der Waals surface area contributed by atoms with Crippen LogP contribution in [0.25, 0.3) is 32.0 Å². The number of aromatic nitrogens is 4. The summed E-state index contributed by atoms with van der Waals surface area (Å²) in [5.74, 6) is 0.669. The van der Waals surface area contributed by atoms with Gasteiger partial charge >= 0.3 is 0 Å². The molecular formula is C24H22N6OS. The molecule has 4 heterocycles. The van der Waals surface area contributed by atoms with Gasteiger partial charge in [-0.15, -0.1) is 11.3 Å². The van der Waals surface area contributed by atoms with Gasteiger partial charge in [-0.3, -0.25) is 9.48 Å². The molecule has 0 spiro atoms. The molecule has 1 saturated heterocycles. The zero-order valence-electron chi connectivity index (χ0n) is 17.6. The Morgan fingerprint density at radius 2 is 2.00 bits per heavy atom. The molecule has 7 nitrogen and oxygen atoms in total. The molecule has 6 rings (SSSR count). The number of pyridine rings is 1. The van der Waals surface area contributed by atoms with E-state index in [1.165, 1.54) is 5.56 Å². The zero-order chi connectivity index (χ0) is 21.8. The smallest absolute Gasteiger partial charge is 0.210 e. The molecule has 0 radical (unpaired) electrons. The van der Waals surface area contributed by atoms with Crippen LogP contribution >= 0.6 is 11.3 Å². The van der Waals surface area contributed by atoms with Crippen LogP contribution in [0.4, 0.5) is 5.82 Å². The highest BCUT2D eigenvalue weighted by Gasteiger charge is 2.33. The van der Waals surface area contributed by atoms with E-state index in [0.717, 1.165) is 63.4 Å². The number of carbonyl (C=O) groups excluding carboxylic acids is 1. The SMILES string of the molecule is Cn1ncc2c(N)nc3ccc(C4CCCN(C=O)C4c4ccc5scnc5c4)cc3c21. The summed E-state index contributed by atoms with van der Waals surface area (Å²) >= 11 is 1.63. The highest BCUT2D eigenvalue weighted by Crippen LogP contribution is 2.43. The molecule has 2 aromatic carbocycles. The molecule has 2 N–H and O–H groups in total. The summed E-state index contributed by atoms with van der Waals surface area (Å²) in [6.07, 6.45) is 4.74. The summed E-state index contributed by atoms with van der Waals surface area (Å²) in [6, 6.07) is 12.7. The van der Waals surface area contributed by atoms with E-state index in [4.69, 9.17) is 5.73 Å². The second kappa shape index (κ2) is 7.27. The number of carbonyl (C=O) groups is 1. The van der Waals surface area contributed by atoms with Crippen molar-refractivity contribution in [3.8, 4) is 0 Å². The fraction of sp³-hybridized carbons (Fsp3) is 0.250. The number of rotatable bonds is 3. The number of piperidine rings is 1. The van der Waals surface area contributed by atoms with Gasteiger partial charge in [0, 0.05) is 24.9 Å². The van der Waals surface area contributed by atoms with E-state index in [-0.39, 0.29) is 12.0 Å². The number of anilines is 1. The van der Waals surface area contributed by atoms with Gasteiger partial charge in [0.25, 0.3) is 0 Å². The van der Waals surface area contributed by atoms with E-state index in [1.54, 1.807) is 17.5 Å². The summed E-state index contributed by atoms with van der Waals surface area (Å²) in [7, 11) is 1.93. The number of nitrogens with two attached hydrogens (primary N) is 1. The number of nitrogen functional groups attached to an aromatic ring is 1. The number of fused-ring (bicyclic) bond motifs is 4. The topological polar surface area (TPSA) is 89.9 Å². The molecule has 8 heteroatoms. The van der Waals surface area contributed by atoms with Gasteiger partial charge in [-0.25, -0.2) is 9.97 Å². The predicted octanol–water partition coefficient (Wildman–Crippen LogP) is 4.39. The van der Waals surface area contributed by atoms with E-state index in [0.29, 0.717) is 5.82 Å². The van der Waals surface area contributed by atoms with Crippen LogP contribution in [0, 0.1) is 0 Å². The van der Waals surface area contributed by atoms with Crippen molar-refractivity contribution in [2.75, 3.05) is 12.3 Å². The Labute approximate surface area is 188 Å². The standard InChI is InChI=1S/C24H22N6OS/c1-29-23-17-9-14(4-6-19(17)28-24(25)18(23)11-27-29)16-3-2-8-30(13-31)22(16)15-5-7-21-20(10-15)26-12-32-21/h4-7,9-13,16,22H,2-3,8H2,1H3,(H2,25,28). The summed E-state index contributed by atoms with van der Waals surface area (Å²) in [6.45, 7) is 0.761. The predicted molar refractivity (Wildman–Crippen MR) is 128 cm³/mol. The molecule has 0 bridgehead atoms. The van der Waals surface area contributed by atoms with Crippen LogP contribution in [0.2, 0.25) is 0 Å². The van der Waals surface area contributed by atoms with Crippen LogP contribution in [0.3, 0.4) is 0 Å². The van der Waals surface area contributed by atoms with Crippen molar-refractivity contribution in [3.63, 3.8) is 0 Å². The number of benzene rings is 2. The van der Waals surface area contributed by atoms with Crippen LogP contribution in [0.15, 0.2) is 48.1 Å². The van der Waals surface area contributed by atoms with Gasteiger partial charge in [-0.05, 0) is 48.2 Å². The second-order valence-electron chi connectivity index (χ2n) is 8.42. The average molecular weight is 443 g/mol. The van der Waals surface area contributed by atoms with Gasteiger partial charge in [0.15, 0.2) is 0 Å². The molecule has 0 aliphatic carbocycles. The van der Waals surface area contributed by atoms with E-state index >= 15 is 0 Å². The number of thiazole rings is 1. The van der Waals surface area contributed by atoms with Crippen LogP contribution in [0.5, 0.6) is 0 Å². The van der Waals surface area contributed by atoms with Gasteiger partial charge in [0.05, 0.1) is 44.4 Å². The molecule has 1 aliphatic heterocycles. The van der Waals surface area contributed by atoms with Gasteiger partial charge in [0.2, 0.25) is 6.41 Å². The molecule has 3 aromatic heterocycles. The maximum absolute atomic E-state index is 12.0. The molecule has 160 valence electrons. The van der Waals surface area contributed by atoms with Crippen LogP contribution in [-0.2, 0) is 11.8 Å². The Hall–Kier alpha value is -3.52. The summed E-state index contributed by atoms with van der Waals surface area (Å²) < 4.78 is 3.01. The molecule has 0 saturated carbocycles. The second-order valence-corrected chi connectivity index (χ2v) is 9.31. The number of amides is 1. The molecule has 32 heavy (non-hydrogen) atoms. The van der Waals surface area contributed by atoms with Crippen molar-refractivity contribution in [1.82, 2.24) is 24.6 Å². The number of aryl methyl sites for hydroxylation is 1. The molecule has 2 unspecified atom stereocenters. The molecule has 1 fully saturated rings. The van der Waals surface area contributed by atoms with Crippen molar-refractivity contribution in [3.05, 3.63) is 59.2 Å². The maximum Gasteiger partial charge on any atom is 0.210 e.